The van der Waals surface area contributed by atoms with Gasteiger partial charge in [-0.2, -0.15) is 5.10 Å². The third kappa shape index (κ3) is 4.02. The van der Waals surface area contributed by atoms with E-state index in [1.54, 1.807) is 10.9 Å². The lowest BCUT2D eigenvalue weighted by Gasteiger charge is -2.03. The molecule has 1 aromatic heterocycles. The molecule has 3 aromatic rings. The van der Waals surface area contributed by atoms with Gasteiger partial charge in [0.15, 0.2) is 5.82 Å². The molecule has 1 amide bonds. The van der Waals surface area contributed by atoms with Crippen LogP contribution in [0.3, 0.4) is 0 Å². The molecule has 1 heterocycles. The van der Waals surface area contributed by atoms with Gasteiger partial charge in [0.25, 0.3) is 11.6 Å². The van der Waals surface area contributed by atoms with Crippen LogP contribution in [0.15, 0.2) is 60.8 Å². The Balaban J connectivity index is 1.72. The molecule has 1 N–H and O–H groups in total. The molecule has 0 saturated heterocycles. The number of aromatic nitrogens is 2. The Morgan fingerprint density at radius 2 is 1.84 bits per heavy atom. The minimum atomic E-state index is -0.524. The Labute approximate surface area is 148 Å². The van der Waals surface area contributed by atoms with E-state index in [2.05, 4.69) is 10.4 Å². The summed E-state index contributed by atoms with van der Waals surface area (Å²) in [5, 5.41) is 17.8. The number of hydrogen-bond acceptors (Lipinski definition) is 4. The zero-order valence-electron chi connectivity index (χ0n) is 12.9. The number of anilines is 1. The molecule has 0 saturated carbocycles. The van der Waals surface area contributed by atoms with Crippen molar-refractivity contribution >= 4 is 29.0 Å². The van der Waals surface area contributed by atoms with Gasteiger partial charge < -0.3 is 5.32 Å². The van der Waals surface area contributed by atoms with Crippen molar-refractivity contribution in [2.24, 2.45) is 0 Å². The summed E-state index contributed by atoms with van der Waals surface area (Å²) in [5.74, 6) is -0.206. The summed E-state index contributed by atoms with van der Waals surface area (Å²) in [7, 11) is 0. The topological polar surface area (TPSA) is 90.1 Å². The van der Waals surface area contributed by atoms with E-state index in [0.29, 0.717) is 11.6 Å². The Kier molecular flexibility index (Phi) is 4.76. The second-order valence-electron chi connectivity index (χ2n) is 5.27. The van der Waals surface area contributed by atoms with Crippen LogP contribution in [0.4, 0.5) is 11.5 Å². The van der Waals surface area contributed by atoms with Crippen LogP contribution >= 0.6 is 11.6 Å². The number of amides is 1. The maximum atomic E-state index is 12.2. The molecule has 0 aliphatic heterocycles. The van der Waals surface area contributed by atoms with Gasteiger partial charge in [0.1, 0.15) is 5.02 Å². The Morgan fingerprint density at radius 3 is 2.48 bits per heavy atom. The molecule has 0 spiro atoms. The standard InChI is InChI=1S/C17H13ClN4O3/c18-15-11-21(10-12-4-2-1-3-5-12)20-16(15)19-17(23)13-6-8-14(9-7-13)22(24)25/h1-9,11H,10H2,(H,19,20,23). The summed E-state index contributed by atoms with van der Waals surface area (Å²) in [4.78, 5) is 22.3. The second-order valence-corrected chi connectivity index (χ2v) is 5.67. The first-order chi connectivity index (χ1) is 12.0. The van der Waals surface area contributed by atoms with E-state index in [1.165, 1.54) is 24.3 Å². The molecule has 2 aromatic carbocycles. The predicted octanol–water partition coefficient (Wildman–Crippen LogP) is 3.75. The highest BCUT2D eigenvalue weighted by Crippen LogP contribution is 2.21. The Bertz CT molecular complexity index is 907. The average molecular weight is 357 g/mol. The third-order valence-electron chi connectivity index (χ3n) is 3.48. The number of nitrogens with zero attached hydrogens (tertiary/aromatic N) is 3. The van der Waals surface area contributed by atoms with Crippen LogP contribution < -0.4 is 5.32 Å². The quantitative estimate of drug-likeness (QED) is 0.557. The number of benzene rings is 2. The lowest BCUT2D eigenvalue weighted by molar-refractivity contribution is -0.384. The molecule has 7 nitrogen and oxygen atoms in total. The number of rotatable bonds is 5. The molecule has 0 fully saturated rings. The molecule has 8 heteroatoms. The van der Waals surface area contributed by atoms with E-state index in [1.807, 2.05) is 30.3 Å². The largest absolute Gasteiger partial charge is 0.304 e. The third-order valence-corrected chi connectivity index (χ3v) is 3.75. The van der Waals surface area contributed by atoms with Crippen molar-refractivity contribution < 1.29 is 9.72 Å². The smallest absolute Gasteiger partial charge is 0.269 e. The molecule has 25 heavy (non-hydrogen) atoms. The van der Waals surface area contributed by atoms with Crippen LogP contribution in [0, 0.1) is 10.1 Å². The van der Waals surface area contributed by atoms with Gasteiger partial charge >= 0.3 is 0 Å². The summed E-state index contributed by atoms with van der Waals surface area (Å²) in [6.07, 6.45) is 1.63. The monoisotopic (exact) mass is 356 g/mol. The number of nitrogens with one attached hydrogen (secondary N) is 1. The van der Waals surface area contributed by atoms with Crippen LogP contribution in [-0.4, -0.2) is 20.6 Å². The zero-order chi connectivity index (χ0) is 17.8. The number of halogens is 1. The van der Waals surface area contributed by atoms with Gasteiger partial charge in [-0.1, -0.05) is 41.9 Å². The fourth-order valence-corrected chi connectivity index (χ4v) is 2.45. The van der Waals surface area contributed by atoms with Gasteiger partial charge in [0, 0.05) is 23.9 Å². The molecule has 0 aliphatic rings. The summed E-state index contributed by atoms with van der Waals surface area (Å²) < 4.78 is 1.63. The maximum Gasteiger partial charge on any atom is 0.269 e. The van der Waals surface area contributed by atoms with Crippen LogP contribution in [0.2, 0.25) is 5.02 Å². The van der Waals surface area contributed by atoms with E-state index in [-0.39, 0.29) is 17.1 Å². The SMILES string of the molecule is O=C(Nc1nn(Cc2ccccc2)cc1Cl)c1ccc([N+](=O)[O-])cc1. The predicted molar refractivity (Wildman–Crippen MR) is 93.8 cm³/mol. The van der Waals surface area contributed by atoms with Crippen LogP contribution in [0.5, 0.6) is 0 Å². The van der Waals surface area contributed by atoms with E-state index in [9.17, 15) is 14.9 Å². The van der Waals surface area contributed by atoms with Crippen molar-refractivity contribution in [3.63, 3.8) is 0 Å². The highest BCUT2D eigenvalue weighted by molar-refractivity contribution is 6.33. The first-order valence-electron chi connectivity index (χ1n) is 7.35. The lowest BCUT2D eigenvalue weighted by Crippen LogP contribution is -2.13. The number of non-ortho nitro benzene ring substituents is 1. The molecule has 126 valence electrons. The first-order valence-corrected chi connectivity index (χ1v) is 7.73. The molecular formula is C17H13ClN4O3. The highest BCUT2D eigenvalue weighted by Gasteiger charge is 2.14. The molecular weight excluding hydrogens is 344 g/mol. The van der Waals surface area contributed by atoms with Gasteiger partial charge in [0.05, 0.1) is 11.5 Å². The number of hydrogen-bond donors (Lipinski definition) is 1. The summed E-state index contributed by atoms with van der Waals surface area (Å²) in [5.41, 5.74) is 1.25. The number of carbonyl (C=O) groups is 1. The Hall–Kier alpha value is -3.19. The van der Waals surface area contributed by atoms with Crippen LogP contribution in [-0.2, 0) is 6.54 Å². The Morgan fingerprint density at radius 1 is 1.16 bits per heavy atom. The van der Waals surface area contributed by atoms with E-state index in [4.69, 9.17) is 11.6 Å². The molecule has 0 aliphatic carbocycles. The molecule has 0 atom stereocenters. The van der Waals surface area contributed by atoms with E-state index in [0.717, 1.165) is 5.56 Å². The van der Waals surface area contributed by atoms with Crippen molar-refractivity contribution in [2.75, 3.05) is 5.32 Å². The van der Waals surface area contributed by atoms with Crippen LogP contribution in [0.1, 0.15) is 15.9 Å². The van der Waals surface area contributed by atoms with Gasteiger partial charge in [-0.3, -0.25) is 19.6 Å². The lowest BCUT2D eigenvalue weighted by atomic mass is 10.2. The average Bonchev–Trinajstić information content (AvgIpc) is 2.95. The maximum absolute atomic E-state index is 12.2. The minimum Gasteiger partial charge on any atom is -0.304 e. The van der Waals surface area contributed by atoms with Crippen LogP contribution in [0.25, 0.3) is 0 Å². The first kappa shape index (κ1) is 16.7. The highest BCUT2D eigenvalue weighted by atomic mass is 35.5. The van der Waals surface area contributed by atoms with Gasteiger partial charge in [-0.25, -0.2) is 0 Å². The second kappa shape index (κ2) is 7.14. The summed E-state index contributed by atoms with van der Waals surface area (Å²) >= 11 is 6.12. The molecule has 3 rings (SSSR count). The van der Waals surface area contributed by atoms with Crippen molar-refractivity contribution in [2.45, 2.75) is 6.54 Å². The van der Waals surface area contributed by atoms with E-state index >= 15 is 0 Å². The van der Waals surface area contributed by atoms with E-state index < -0.39 is 10.8 Å². The molecule has 0 radical (unpaired) electrons. The zero-order valence-corrected chi connectivity index (χ0v) is 13.7. The van der Waals surface area contributed by atoms with Gasteiger partial charge in [-0.15, -0.1) is 0 Å². The number of nitro groups is 1. The fraction of sp³-hybridized carbons (Fsp3) is 0.0588. The van der Waals surface area contributed by atoms with Crippen molar-refractivity contribution in [3.05, 3.63) is 87.1 Å². The van der Waals surface area contributed by atoms with Crippen molar-refractivity contribution in [3.8, 4) is 0 Å². The molecule has 0 unspecified atom stereocenters. The van der Waals surface area contributed by atoms with Crippen molar-refractivity contribution in [1.29, 1.82) is 0 Å². The van der Waals surface area contributed by atoms with Gasteiger partial charge in [0.2, 0.25) is 0 Å². The molecule has 0 bridgehead atoms. The van der Waals surface area contributed by atoms with Gasteiger partial charge in [-0.05, 0) is 17.7 Å². The normalized spacial score (nSPS) is 10.4. The summed E-state index contributed by atoms with van der Waals surface area (Å²) in [6, 6.07) is 15.0. The fourth-order valence-electron chi connectivity index (χ4n) is 2.25. The minimum absolute atomic E-state index is 0.0817. The summed E-state index contributed by atoms with van der Waals surface area (Å²) in [6.45, 7) is 0.522. The number of carbonyl (C=O) groups excluding carboxylic acids is 1. The number of nitro benzene ring substituents is 1. The van der Waals surface area contributed by atoms with Crippen molar-refractivity contribution in [1.82, 2.24) is 9.78 Å².